The van der Waals surface area contributed by atoms with Gasteiger partial charge in [-0.25, -0.2) is 9.18 Å². The molecule has 1 aliphatic heterocycles. The number of amides is 1. The van der Waals surface area contributed by atoms with Crippen molar-refractivity contribution in [3.8, 4) is 0 Å². The molecule has 2 aromatic heterocycles. The minimum Gasteiger partial charge on any atom is -0.478 e. The van der Waals surface area contributed by atoms with Crippen molar-refractivity contribution >= 4 is 22.8 Å². The van der Waals surface area contributed by atoms with Crippen molar-refractivity contribution in [2.75, 3.05) is 13.1 Å². The molecule has 1 aliphatic rings. The zero-order valence-corrected chi connectivity index (χ0v) is 14.8. The molecule has 0 bridgehead atoms. The molecule has 3 aromatic rings. The fourth-order valence-corrected chi connectivity index (χ4v) is 3.59. The third-order valence-corrected chi connectivity index (χ3v) is 5.17. The highest BCUT2D eigenvalue weighted by Gasteiger charge is 2.26. The summed E-state index contributed by atoms with van der Waals surface area (Å²) in [5.41, 5.74) is 1.80. The molecule has 0 saturated carbocycles. The molecule has 4 rings (SSSR count). The fourth-order valence-electron chi connectivity index (χ4n) is 3.59. The molecule has 0 spiro atoms. The molecule has 1 amide bonds. The third-order valence-electron chi connectivity index (χ3n) is 5.17. The first-order valence-electron chi connectivity index (χ1n) is 8.78. The Balaban J connectivity index is 1.48. The lowest BCUT2D eigenvalue weighted by atomic mass is 10.0. The van der Waals surface area contributed by atoms with Crippen LogP contribution in [-0.2, 0) is 0 Å². The Morgan fingerprint density at radius 1 is 1.30 bits per heavy atom. The van der Waals surface area contributed by atoms with Crippen LogP contribution in [0, 0.1) is 12.7 Å². The Hall–Kier alpha value is -3.16. The minimum atomic E-state index is -1.00. The number of likely N-dealkylation sites (tertiary alicyclic amines) is 1. The Morgan fingerprint density at radius 2 is 2.04 bits per heavy atom. The largest absolute Gasteiger partial charge is 0.478 e. The van der Waals surface area contributed by atoms with Gasteiger partial charge in [-0.05, 0) is 37.5 Å². The second kappa shape index (κ2) is 6.53. The first-order valence-corrected chi connectivity index (χ1v) is 8.78. The van der Waals surface area contributed by atoms with Gasteiger partial charge in [-0.2, -0.15) is 5.10 Å². The third kappa shape index (κ3) is 3.07. The summed E-state index contributed by atoms with van der Waals surface area (Å²) >= 11 is 0. The molecule has 8 heteroatoms. The van der Waals surface area contributed by atoms with Gasteiger partial charge < -0.3 is 15.0 Å². The van der Waals surface area contributed by atoms with Gasteiger partial charge >= 0.3 is 5.97 Å². The highest BCUT2D eigenvalue weighted by atomic mass is 19.1. The number of nitrogens with one attached hydrogen (secondary N) is 1. The number of carboxylic acids is 1. The molecule has 140 valence electrons. The SMILES string of the molecule is Cc1ccc(F)c2[nH]c(C(=O)N3CCC(n4cc(C(=O)O)cn4)CC3)cc12. The summed E-state index contributed by atoms with van der Waals surface area (Å²) in [6.07, 6.45) is 4.22. The van der Waals surface area contributed by atoms with Gasteiger partial charge in [0.15, 0.2) is 0 Å². The molecular weight excluding hydrogens is 351 g/mol. The Labute approximate surface area is 154 Å². The van der Waals surface area contributed by atoms with E-state index >= 15 is 0 Å². The maximum Gasteiger partial charge on any atom is 0.338 e. The number of aryl methyl sites for hydroxylation is 1. The average Bonchev–Trinajstić information content (AvgIpc) is 3.32. The van der Waals surface area contributed by atoms with Gasteiger partial charge in [0.2, 0.25) is 0 Å². The number of benzene rings is 1. The molecule has 0 unspecified atom stereocenters. The number of nitrogens with zero attached hydrogens (tertiary/aromatic N) is 3. The van der Waals surface area contributed by atoms with Crippen molar-refractivity contribution in [3.05, 3.63) is 53.2 Å². The first kappa shape index (κ1) is 17.3. The number of aromatic amines is 1. The van der Waals surface area contributed by atoms with Crippen LogP contribution in [0.15, 0.2) is 30.6 Å². The monoisotopic (exact) mass is 370 g/mol. The lowest BCUT2D eigenvalue weighted by molar-refractivity contribution is 0.0684. The second-order valence-corrected chi connectivity index (χ2v) is 6.87. The number of carboxylic acid groups (broad SMARTS) is 1. The van der Waals surface area contributed by atoms with E-state index in [0.29, 0.717) is 42.5 Å². The van der Waals surface area contributed by atoms with E-state index in [1.807, 2.05) is 6.92 Å². The van der Waals surface area contributed by atoms with Crippen molar-refractivity contribution in [3.63, 3.8) is 0 Å². The number of halogens is 1. The van der Waals surface area contributed by atoms with Gasteiger partial charge in [0.25, 0.3) is 5.91 Å². The molecule has 0 aliphatic carbocycles. The molecule has 1 aromatic carbocycles. The average molecular weight is 370 g/mol. The Bertz CT molecular complexity index is 992. The van der Waals surface area contributed by atoms with Crippen LogP contribution >= 0.6 is 0 Å². The molecule has 0 atom stereocenters. The molecule has 1 saturated heterocycles. The van der Waals surface area contributed by atoms with Crippen LogP contribution in [-0.4, -0.2) is 49.7 Å². The number of rotatable bonds is 3. The zero-order chi connectivity index (χ0) is 19.1. The summed E-state index contributed by atoms with van der Waals surface area (Å²) in [7, 11) is 0. The standard InChI is InChI=1S/C19H19FN4O3/c1-11-2-3-15(20)17-14(11)8-16(22-17)18(25)23-6-4-13(5-7-23)24-10-12(9-21-24)19(26)27/h2-3,8-10,13,22H,4-7H2,1H3,(H,26,27). The predicted octanol–water partition coefficient (Wildman–Crippen LogP) is 2.99. The number of carbonyl (C=O) groups is 2. The summed E-state index contributed by atoms with van der Waals surface area (Å²) in [6.45, 7) is 2.94. The number of hydrogen-bond donors (Lipinski definition) is 2. The van der Waals surface area contributed by atoms with Gasteiger partial charge in [0, 0.05) is 24.7 Å². The predicted molar refractivity (Wildman–Crippen MR) is 96.4 cm³/mol. The van der Waals surface area contributed by atoms with Crippen LogP contribution in [0.5, 0.6) is 0 Å². The molecule has 27 heavy (non-hydrogen) atoms. The molecular formula is C19H19FN4O3. The molecule has 7 nitrogen and oxygen atoms in total. The summed E-state index contributed by atoms with van der Waals surface area (Å²) in [4.78, 5) is 28.4. The minimum absolute atomic E-state index is 0.0598. The maximum absolute atomic E-state index is 14.0. The highest BCUT2D eigenvalue weighted by Crippen LogP contribution is 2.26. The van der Waals surface area contributed by atoms with E-state index in [-0.39, 0.29) is 23.3 Å². The maximum atomic E-state index is 14.0. The fraction of sp³-hybridized carbons (Fsp3) is 0.316. The van der Waals surface area contributed by atoms with Gasteiger partial charge in [-0.1, -0.05) is 6.07 Å². The lowest BCUT2D eigenvalue weighted by Gasteiger charge is -2.31. The number of H-pyrrole nitrogens is 1. The van der Waals surface area contributed by atoms with E-state index in [4.69, 9.17) is 5.11 Å². The van der Waals surface area contributed by atoms with Gasteiger partial charge in [0.05, 0.1) is 23.3 Å². The number of carbonyl (C=O) groups excluding carboxylic acids is 1. The van der Waals surface area contributed by atoms with Crippen LogP contribution in [0.3, 0.4) is 0 Å². The van der Waals surface area contributed by atoms with Gasteiger partial charge in [0.1, 0.15) is 11.5 Å². The van der Waals surface area contributed by atoms with Crippen LogP contribution in [0.4, 0.5) is 4.39 Å². The molecule has 3 heterocycles. The smallest absolute Gasteiger partial charge is 0.338 e. The zero-order valence-electron chi connectivity index (χ0n) is 14.8. The van der Waals surface area contributed by atoms with Crippen molar-refractivity contribution in [2.45, 2.75) is 25.8 Å². The van der Waals surface area contributed by atoms with E-state index < -0.39 is 5.97 Å². The summed E-state index contributed by atoms with van der Waals surface area (Å²) in [5, 5.41) is 13.8. The molecule has 1 fully saturated rings. The van der Waals surface area contributed by atoms with E-state index in [1.165, 1.54) is 18.5 Å². The van der Waals surface area contributed by atoms with Crippen LogP contribution < -0.4 is 0 Å². The van der Waals surface area contributed by atoms with Crippen LogP contribution in [0.1, 0.15) is 45.3 Å². The Morgan fingerprint density at radius 3 is 2.67 bits per heavy atom. The molecule has 2 N–H and O–H groups in total. The summed E-state index contributed by atoms with van der Waals surface area (Å²) in [6, 6.07) is 4.85. The quantitative estimate of drug-likeness (QED) is 0.741. The number of aromatic nitrogens is 3. The van der Waals surface area contributed by atoms with Crippen LogP contribution in [0.25, 0.3) is 10.9 Å². The van der Waals surface area contributed by atoms with Gasteiger partial charge in [-0.15, -0.1) is 0 Å². The summed E-state index contributed by atoms with van der Waals surface area (Å²) in [5.74, 6) is -1.54. The number of hydrogen-bond acceptors (Lipinski definition) is 3. The number of piperidine rings is 1. The van der Waals surface area contributed by atoms with E-state index in [1.54, 1.807) is 21.7 Å². The second-order valence-electron chi connectivity index (χ2n) is 6.87. The number of aromatic carboxylic acids is 1. The lowest BCUT2D eigenvalue weighted by Crippen LogP contribution is -2.39. The molecule has 0 radical (unpaired) electrons. The van der Waals surface area contributed by atoms with Crippen LogP contribution in [0.2, 0.25) is 0 Å². The van der Waals surface area contributed by atoms with E-state index in [9.17, 15) is 14.0 Å². The van der Waals surface area contributed by atoms with E-state index in [2.05, 4.69) is 10.1 Å². The van der Waals surface area contributed by atoms with Crippen molar-refractivity contribution in [2.24, 2.45) is 0 Å². The highest BCUT2D eigenvalue weighted by molar-refractivity contribution is 5.99. The Kier molecular flexibility index (Phi) is 4.18. The first-order chi connectivity index (χ1) is 12.9. The van der Waals surface area contributed by atoms with E-state index in [0.717, 1.165) is 5.56 Å². The topological polar surface area (TPSA) is 91.2 Å². The van der Waals surface area contributed by atoms with Crippen molar-refractivity contribution < 1.29 is 19.1 Å². The summed E-state index contributed by atoms with van der Waals surface area (Å²) < 4.78 is 15.6. The van der Waals surface area contributed by atoms with Gasteiger partial charge in [-0.3, -0.25) is 9.48 Å². The van der Waals surface area contributed by atoms with Crippen molar-refractivity contribution in [1.82, 2.24) is 19.7 Å². The normalized spacial score (nSPS) is 15.4. The van der Waals surface area contributed by atoms with Crippen molar-refractivity contribution in [1.29, 1.82) is 0 Å². The number of fused-ring (bicyclic) bond motifs is 1.